The minimum atomic E-state index is -3.68. The van der Waals surface area contributed by atoms with Crippen LogP contribution in [0, 0.1) is 5.82 Å². The van der Waals surface area contributed by atoms with Crippen molar-refractivity contribution in [2.24, 2.45) is 0 Å². The summed E-state index contributed by atoms with van der Waals surface area (Å²) < 4.78 is 40.5. The molecule has 10 heteroatoms. The molecule has 1 aromatic heterocycles. The first-order valence-corrected chi connectivity index (χ1v) is 11.7. The van der Waals surface area contributed by atoms with Gasteiger partial charge >= 0.3 is 0 Å². The lowest BCUT2D eigenvalue weighted by molar-refractivity contribution is -0.116. The minimum absolute atomic E-state index is 0.0277. The Labute approximate surface area is 180 Å². The van der Waals surface area contributed by atoms with Crippen LogP contribution in [-0.4, -0.2) is 25.9 Å². The molecule has 0 fully saturated rings. The van der Waals surface area contributed by atoms with Crippen LogP contribution in [0.15, 0.2) is 64.1 Å². The maximum atomic E-state index is 13.0. The van der Waals surface area contributed by atoms with Crippen molar-refractivity contribution >= 4 is 48.3 Å². The first-order valence-electron chi connectivity index (χ1n) is 8.56. The lowest BCUT2D eigenvalue weighted by Gasteiger charge is -2.07. The van der Waals surface area contributed by atoms with Crippen LogP contribution in [0.4, 0.5) is 9.52 Å². The predicted molar refractivity (Wildman–Crippen MR) is 114 cm³/mol. The Kier molecular flexibility index (Phi) is 7.12. The van der Waals surface area contributed by atoms with Crippen LogP contribution in [0.1, 0.15) is 16.9 Å². The maximum Gasteiger partial charge on any atom is 0.240 e. The molecular formula is C19H17BrFN3O3S2. The van der Waals surface area contributed by atoms with Gasteiger partial charge in [-0.3, -0.25) is 4.79 Å². The predicted octanol–water partition coefficient (Wildman–Crippen LogP) is 3.94. The molecule has 0 bridgehead atoms. The number of carbonyl (C=O) groups excluding carboxylic acids is 1. The molecule has 0 aliphatic heterocycles. The van der Waals surface area contributed by atoms with E-state index in [2.05, 4.69) is 31.0 Å². The molecule has 2 N–H and O–H groups in total. The number of sulfonamides is 1. The van der Waals surface area contributed by atoms with Crippen LogP contribution in [0.25, 0.3) is 0 Å². The van der Waals surface area contributed by atoms with Crippen molar-refractivity contribution in [2.45, 2.75) is 17.7 Å². The molecule has 0 aliphatic rings. The second-order valence-electron chi connectivity index (χ2n) is 6.09. The summed E-state index contributed by atoms with van der Waals surface area (Å²) in [4.78, 5) is 17.3. The van der Waals surface area contributed by atoms with Gasteiger partial charge in [-0.05, 0) is 35.9 Å². The van der Waals surface area contributed by atoms with E-state index in [1.165, 1.54) is 35.6 Å². The van der Waals surface area contributed by atoms with E-state index in [-0.39, 0.29) is 29.6 Å². The van der Waals surface area contributed by atoms with E-state index in [1.54, 1.807) is 30.5 Å². The highest BCUT2D eigenvalue weighted by atomic mass is 79.9. The molecule has 0 unspecified atom stereocenters. The number of anilines is 1. The second-order valence-corrected chi connectivity index (χ2v) is 9.89. The van der Waals surface area contributed by atoms with Crippen LogP contribution in [0.5, 0.6) is 0 Å². The normalized spacial score (nSPS) is 11.4. The number of rotatable bonds is 8. The van der Waals surface area contributed by atoms with Crippen LogP contribution < -0.4 is 10.0 Å². The molecule has 29 heavy (non-hydrogen) atoms. The lowest BCUT2D eigenvalue weighted by atomic mass is 10.1. The van der Waals surface area contributed by atoms with Gasteiger partial charge in [-0.15, -0.1) is 11.3 Å². The van der Waals surface area contributed by atoms with Crippen LogP contribution in [0.2, 0.25) is 0 Å². The third-order valence-corrected chi connectivity index (χ3v) is 6.71. The first-order chi connectivity index (χ1) is 13.8. The zero-order valence-corrected chi connectivity index (χ0v) is 18.3. The number of nitrogens with zero attached hydrogens (tertiary/aromatic N) is 1. The third kappa shape index (κ3) is 6.43. The molecule has 6 nitrogen and oxygen atoms in total. The van der Waals surface area contributed by atoms with Crippen molar-refractivity contribution in [2.75, 3.05) is 11.9 Å². The summed E-state index contributed by atoms with van der Waals surface area (Å²) in [6.45, 7) is -0.0332. The fourth-order valence-corrected chi connectivity index (χ4v) is 4.94. The molecule has 3 rings (SSSR count). The largest absolute Gasteiger partial charge is 0.302 e. The van der Waals surface area contributed by atoms with E-state index in [1.807, 2.05) is 0 Å². The summed E-state index contributed by atoms with van der Waals surface area (Å²) >= 11 is 4.55. The Morgan fingerprint density at radius 2 is 1.93 bits per heavy atom. The van der Waals surface area contributed by atoms with E-state index in [4.69, 9.17) is 0 Å². The molecule has 3 aromatic rings. The van der Waals surface area contributed by atoms with E-state index >= 15 is 0 Å². The highest BCUT2D eigenvalue weighted by Gasteiger charge is 2.15. The summed E-state index contributed by atoms with van der Waals surface area (Å²) in [7, 11) is -3.68. The molecular weight excluding hydrogens is 481 g/mol. The van der Waals surface area contributed by atoms with Gasteiger partial charge in [-0.2, -0.15) is 0 Å². The smallest absolute Gasteiger partial charge is 0.240 e. The number of thiazole rings is 1. The molecule has 1 amide bonds. The number of hydrogen-bond acceptors (Lipinski definition) is 5. The fraction of sp³-hybridized carbons (Fsp3) is 0.158. The van der Waals surface area contributed by atoms with Crippen molar-refractivity contribution in [3.63, 3.8) is 0 Å². The van der Waals surface area contributed by atoms with Crippen molar-refractivity contribution in [1.82, 2.24) is 9.71 Å². The van der Waals surface area contributed by atoms with Gasteiger partial charge in [-0.25, -0.2) is 22.5 Å². The number of halogens is 2. The SMILES string of the molecule is O=C(CCNS(=O)(=O)c1cccc(Br)c1)Nc1ncc(Cc2ccc(F)cc2)s1. The van der Waals surface area contributed by atoms with Gasteiger partial charge in [0, 0.05) is 34.9 Å². The van der Waals surface area contributed by atoms with E-state index in [0.29, 0.717) is 16.0 Å². The number of amides is 1. The molecule has 0 spiro atoms. The van der Waals surface area contributed by atoms with Crippen molar-refractivity contribution < 1.29 is 17.6 Å². The summed E-state index contributed by atoms with van der Waals surface area (Å²) in [5, 5.41) is 3.09. The summed E-state index contributed by atoms with van der Waals surface area (Å²) in [5.74, 6) is -0.633. The third-order valence-electron chi connectivity index (χ3n) is 3.84. The average Bonchev–Trinajstić information content (AvgIpc) is 3.10. The van der Waals surface area contributed by atoms with Gasteiger partial charge < -0.3 is 5.32 Å². The van der Waals surface area contributed by atoms with Crippen LogP contribution in [0.3, 0.4) is 0 Å². The quantitative estimate of drug-likeness (QED) is 0.493. The highest BCUT2D eigenvalue weighted by molar-refractivity contribution is 9.10. The maximum absolute atomic E-state index is 13.0. The van der Waals surface area contributed by atoms with E-state index < -0.39 is 10.0 Å². The number of aromatic nitrogens is 1. The van der Waals surface area contributed by atoms with Gasteiger partial charge in [0.15, 0.2) is 5.13 Å². The molecule has 0 aliphatic carbocycles. The zero-order chi connectivity index (χ0) is 20.9. The number of hydrogen-bond donors (Lipinski definition) is 2. The van der Waals surface area contributed by atoms with Gasteiger partial charge in [0.05, 0.1) is 4.90 Å². The number of nitrogens with one attached hydrogen (secondary N) is 2. The summed E-state index contributed by atoms with van der Waals surface area (Å²) in [6, 6.07) is 12.5. The molecule has 0 saturated heterocycles. The topological polar surface area (TPSA) is 88.2 Å². The first kappa shape index (κ1) is 21.6. The van der Waals surface area contributed by atoms with Crippen LogP contribution >= 0.6 is 27.3 Å². The highest BCUT2D eigenvalue weighted by Crippen LogP contribution is 2.21. The Balaban J connectivity index is 1.48. The fourth-order valence-electron chi connectivity index (χ4n) is 2.45. The van der Waals surface area contributed by atoms with Crippen molar-refractivity contribution in [3.05, 3.63) is 75.5 Å². The van der Waals surface area contributed by atoms with Crippen molar-refractivity contribution in [1.29, 1.82) is 0 Å². The number of benzene rings is 2. The Morgan fingerprint density at radius 3 is 2.66 bits per heavy atom. The second kappa shape index (κ2) is 9.57. The standard InChI is InChI=1S/C19H17BrFN3O3S2/c20-14-2-1-3-17(11-14)29(26,27)23-9-8-18(25)24-19-22-12-16(28-19)10-13-4-6-15(21)7-5-13/h1-7,11-12,23H,8-10H2,(H,22,24,25). The number of carbonyl (C=O) groups is 1. The molecule has 152 valence electrons. The Morgan fingerprint density at radius 1 is 1.17 bits per heavy atom. The lowest BCUT2D eigenvalue weighted by Crippen LogP contribution is -2.27. The summed E-state index contributed by atoms with van der Waals surface area (Å²) in [5.41, 5.74) is 0.940. The molecule has 2 aromatic carbocycles. The van der Waals surface area contributed by atoms with Gasteiger partial charge in [0.1, 0.15) is 5.82 Å². The Bertz CT molecular complexity index is 1100. The van der Waals surface area contributed by atoms with Gasteiger partial charge in [0.25, 0.3) is 0 Å². The molecule has 0 radical (unpaired) electrons. The monoisotopic (exact) mass is 497 g/mol. The van der Waals surface area contributed by atoms with E-state index in [9.17, 15) is 17.6 Å². The van der Waals surface area contributed by atoms with Crippen LogP contribution in [-0.2, 0) is 21.2 Å². The average molecular weight is 498 g/mol. The molecule has 0 saturated carbocycles. The zero-order valence-electron chi connectivity index (χ0n) is 15.1. The van der Waals surface area contributed by atoms with Crippen molar-refractivity contribution in [3.8, 4) is 0 Å². The van der Waals surface area contributed by atoms with Gasteiger partial charge in [0.2, 0.25) is 15.9 Å². The van der Waals surface area contributed by atoms with E-state index in [0.717, 1.165) is 10.4 Å². The molecule has 1 heterocycles. The Hall–Kier alpha value is -2.14. The van der Waals surface area contributed by atoms with Gasteiger partial charge in [-0.1, -0.05) is 34.1 Å². The minimum Gasteiger partial charge on any atom is -0.302 e. The molecule has 0 atom stereocenters. The summed E-state index contributed by atoms with van der Waals surface area (Å²) in [6.07, 6.45) is 2.21.